The van der Waals surface area contributed by atoms with Crippen molar-refractivity contribution < 1.29 is 13.9 Å². The molecular formula is C11H10F2N2O. The van der Waals surface area contributed by atoms with E-state index in [9.17, 15) is 8.78 Å². The SMILES string of the molecule is OCc1cc(-c2ccccc2)nn1C(F)F. The lowest BCUT2D eigenvalue weighted by Gasteiger charge is -2.01. The predicted octanol–water partition coefficient (Wildman–Crippen LogP) is 2.44. The van der Waals surface area contributed by atoms with E-state index in [1.54, 1.807) is 24.3 Å². The summed E-state index contributed by atoms with van der Waals surface area (Å²) in [5, 5.41) is 12.7. The third-order valence-electron chi connectivity index (χ3n) is 2.23. The van der Waals surface area contributed by atoms with E-state index in [4.69, 9.17) is 5.11 Å². The molecule has 1 heterocycles. The number of nitrogens with zero attached hydrogens (tertiary/aromatic N) is 2. The average molecular weight is 224 g/mol. The van der Waals surface area contributed by atoms with Gasteiger partial charge in [0, 0.05) is 5.56 Å². The summed E-state index contributed by atoms with van der Waals surface area (Å²) in [4.78, 5) is 0. The highest BCUT2D eigenvalue weighted by Crippen LogP contribution is 2.22. The van der Waals surface area contributed by atoms with E-state index >= 15 is 0 Å². The van der Waals surface area contributed by atoms with Gasteiger partial charge in [-0.25, -0.2) is 4.68 Å². The topological polar surface area (TPSA) is 38.1 Å². The standard InChI is InChI=1S/C11H10F2N2O/c12-11(13)15-9(7-16)6-10(14-15)8-4-2-1-3-5-8/h1-6,11,16H,7H2. The Hall–Kier alpha value is -1.75. The molecule has 5 heteroatoms. The van der Waals surface area contributed by atoms with Crippen LogP contribution in [0.4, 0.5) is 8.78 Å². The molecule has 0 saturated carbocycles. The van der Waals surface area contributed by atoms with Gasteiger partial charge in [-0.05, 0) is 6.07 Å². The van der Waals surface area contributed by atoms with Crippen LogP contribution >= 0.6 is 0 Å². The third kappa shape index (κ3) is 1.94. The van der Waals surface area contributed by atoms with Crippen molar-refractivity contribution in [3.8, 4) is 11.3 Å². The van der Waals surface area contributed by atoms with Gasteiger partial charge in [-0.2, -0.15) is 13.9 Å². The number of aliphatic hydroxyl groups is 1. The van der Waals surface area contributed by atoms with Crippen molar-refractivity contribution in [2.45, 2.75) is 13.2 Å². The Bertz CT molecular complexity index is 468. The van der Waals surface area contributed by atoms with Crippen LogP contribution in [0.1, 0.15) is 12.2 Å². The van der Waals surface area contributed by atoms with Crippen molar-refractivity contribution in [3.63, 3.8) is 0 Å². The fourth-order valence-electron chi connectivity index (χ4n) is 1.47. The molecule has 84 valence electrons. The minimum atomic E-state index is -2.74. The van der Waals surface area contributed by atoms with Gasteiger partial charge in [-0.3, -0.25) is 0 Å². The molecule has 0 spiro atoms. The van der Waals surface area contributed by atoms with Gasteiger partial charge in [-0.1, -0.05) is 30.3 Å². The Labute approximate surface area is 91.0 Å². The van der Waals surface area contributed by atoms with Gasteiger partial charge in [0.15, 0.2) is 0 Å². The Balaban J connectivity index is 2.44. The smallest absolute Gasteiger partial charge is 0.333 e. The minimum absolute atomic E-state index is 0.105. The van der Waals surface area contributed by atoms with Crippen molar-refractivity contribution in [1.82, 2.24) is 9.78 Å². The van der Waals surface area contributed by atoms with E-state index in [1.807, 2.05) is 6.07 Å². The Morgan fingerprint density at radius 2 is 1.94 bits per heavy atom. The Morgan fingerprint density at radius 1 is 1.25 bits per heavy atom. The zero-order chi connectivity index (χ0) is 11.5. The molecule has 2 rings (SSSR count). The lowest BCUT2D eigenvalue weighted by molar-refractivity contribution is 0.0492. The van der Waals surface area contributed by atoms with Gasteiger partial charge in [-0.15, -0.1) is 0 Å². The molecule has 3 nitrogen and oxygen atoms in total. The Morgan fingerprint density at radius 3 is 2.44 bits per heavy atom. The van der Waals surface area contributed by atoms with Crippen LogP contribution < -0.4 is 0 Å². The van der Waals surface area contributed by atoms with Crippen LogP contribution in [-0.2, 0) is 6.61 Å². The Kier molecular flexibility index (Phi) is 2.96. The molecule has 0 fully saturated rings. The van der Waals surface area contributed by atoms with Gasteiger partial charge in [0.1, 0.15) is 0 Å². The van der Waals surface area contributed by atoms with Gasteiger partial charge in [0.05, 0.1) is 18.0 Å². The van der Waals surface area contributed by atoms with Gasteiger partial charge < -0.3 is 5.11 Å². The zero-order valence-electron chi connectivity index (χ0n) is 8.35. The van der Waals surface area contributed by atoms with Gasteiger partial charge >= 0.3 is 6.55 Å². The molecule has 0 atom stereocenters. The van der Waals surface area contributed by atoms with Crippen molar-refractivity contribution >= 4 is 0 Å². The molecule has 0 aliphatic heterocycles. The van der Waals surface area contributed by atoms with Crippen molar-refractivity contribution in [2.75, 3.05) is 0 Å². The fourth-order valence-corrected chi connectivity index (χ4v) is 1.47. The maximum Gasteiger partial charge on any atom is 0.333 e. The summed E-state index contributed by atoms with van der Waals surface area (Å²) in [5.74, 6) is 0. The lowest BCUT2D eigenvalue weighted by Crippen LogP contribution is -2.05. The molecule has 0 saturated heterocycles. The van der Waals surface area contributed by atoms with E-state index < -0.39 is 13.2 Å². The van der Waals surface area contributed by atoms with E-state index in [-0.39, 0.29) is 5.69 Å². The fraction of sp³-hybridized carbons (Fsp3) is 0.182. The maximum atomic E-state index is 12.5. The summed E-state index contributed by atoms with van der Waals surface area (Å²) in [6, 6.07) is 10.4. The monoisotopic (exact) mass is 224 g/mol. The number of aliphatic hydroxyl groups excluding tert-OH is 1. The minimum Gasteiger partial charge on any atom is -0.390 e. The number of aromatic nitrogens is 2. The molecule has 1 aromatic heterocycles. The van der Waals surface area contributed by atoms with Gasteiger partial charge in [0.2, 0.25) is 0 Å². The van der Waals surface area contributed by atoms with Crippen molar-refractivity contribution in [3.05, 3.63) is 42.1 Å². The quantitative estimate of drug-likeness (QED) is 0.869. The van der Waals surface area contributed by atoms with E-state index in [2.05, 4.69) is 5.10 Å². The first-order chi connectivity index (χ1) is 7.72. The largest absolute Gasteiger partial charge is 0.390 e. The second-order valence-electron chi connectivity index (χ2n) is 3.27. The van der Waals surface area contributed by atoms with E-state index in [1.165, 1.54) is 6.07 Å². The molecule has 0 unspecified atom stereocenters. The van der Waals surface area contributed by atoms with Crippen LogP contribution in [0.5, 0.6) is 0 Å². The molecular weight excluding hydrogens is 214 g/mol. The van der Waals surface area contributed by atoms with Crippen LogP contribution in [0, 0.1) is 0 Å². The summed E-state index contributed by atoms with van der Waals surface area (Å²) < 4.78 is 25.6. The van der Waals surface area contributed by atoms with Crippen molar-refractivity contribution in [1.29, 1.82) is 0 Å². The lowest BCUT2D eigenvalue weighted by atomic mass is 10.1. The maximum absolute atomic E-state index is 12.5. The summed E-state index contributed by atoms with van der Waals surface area (Å²) in [5.41, 5.74) is 1.29. The van der Waals surface area contributed by atoms with Gasteiger partial charge in [0.25, 0.3) is 0 Å². The first kappa shape index (κ1) is 10.8. The summed E-state index contributed by atoms with van der Waals surface area (Å²) in [6.45, 7) is -3.19. The van der Waals surface area contributed by atoms with Crippen LogP contribution in [0.25, 0.3) is 11.3 Å². The van der Waals surface area contributed by atoms with E-state index in [0.717, 1.165) is 5.56 Å². The first-order valence-corrected chi connectivity index (χ1v) is 4.75. The van der Waals surface area contributed by atoms with Crippen LogP contribution in [0.3, 0.4) is 0 Å². The third-order valence-corrected chi connectivity index (χ3v) is 2.23. The molecule has 0 aliphatic rings. The number of hydrogen-bond acceptors (Lipinski definition) is 2. The van der Waals surface area contributed by atoms with E-state index in [0.29, 0.717) is 10.4 Å². The second-order valence-corrected chi connectivity index (χ2v) is 3.27. The highest BCUT2D eigenvalue weighted by molar-refractivity contribution is 5.59. The average Bonchev–Trinajstić information content (AvgIpc) is 2.74. The highest BCUT2D eigenvalue weighted by Gasteiger charge is 2.14. The normalized spacial score (nSPS) is 11.0. The molecule has 0 amide bonds. The molecule has 0 radical (unpaired) electrons. The first-order valence-electron chi connectivity index (χ1n) is 4.75. The number of benzene rings is 1. The number of hydrogen-bond donors (Lipinski definition) is 1. The van der Waals surface area contributed by atoms with Crippen LogP contribution in [0.15, 0.2) is 36.4 Å². The number of alkyl halides is 2. The van der Waals surface area contributed by atoms with Crippen molar-refractivity contribution in [2.24, 2.45) is 0 Å². The molecule has 1 N–H and O–H groups in total. The molecule has 0 aliphatic carbocycles. The molecule has 1 aromatic carbocycles. The summed E-state index contributed by atoms with van der Waals surface area (Å²) in [7, 11) is 0. The summed E-state index contributed by atoms with van der Waals surface area (Å²) >= 11 is 0. The highest BCUT2D eigenvalue weighted by atomic mass is 19.3. The molecule has 16 heavy (non-hydrogen) atoms. The number of halogens is 2. The predicted molar refractivity (Wildman–Crippen MR) is 54.8 cm³/mol. The van der Waals surface area contributed by atoms with Crippen LogP contribution in [-0.4, -0.2) is 14.9 Å². The molecule has 2 aromatic rings. The number of rotatable bonds is 3. The zero-order valence-corrected chi connectivity index (χ0v) is 8.35. The molecule has 0 bridgehead atoms. The second kappa shape index (κ2) is 4.40. The summed E-state index contributed by atoms with van der Waals surface area (Å²) in [6.07, 6.45) is 0. The van der Waals surface area contributed by atoms with Crippen LogP contribution in [0.2, 0.25) is 0 Å².